The molecule has 2 aliphatic heterocycles. The standard InChI is InChI=1S/C14H26N2O.C2H6/c1-4-13(17)16-10-14(11-16)5-7-15(8-6-14)9-12(2)3;1-2/h12H,4-11H2,1-3H3;1-2H3. The second-order valence-corrected chi connectivity index (χ2v) is 6.30. The summed E-state index contributed by atoms with van der Waals surface area (Å²) in [6.45, 7) is 16.3. The molecular formula is C16H32N2O. The van der Waals surface area contributed by atoms with Crippen molar-refractivity contribution in [2.75, 3.05) is 32.7 Å². The maximum absolute atomic E-state index is 11.5. The Bertz CT molecular complexity index is 272. The van der Waals surface area contributed by atoms with Gasteiger partial charge in [0.2, 0.25) is 5.91 Å². The first-order valence-corrected chi connectivity index (χ1v) is 8.05. The molecule has 3 heteroatoms. The van der Waals surface area contributed by atoms with E-state index in [0.717, 1.165) is 19.0 Å². The van der Waals surface area contributed by atoms with Crippen LogP contribution in [0.25, 0.3) is 0 Å². The van der Waals surface area contributed by atoms with E-state index >= 15 is 0 Å². The first-order chi connectivity index (χ1) is 9.04. The lowest BCUT2D eigenvalue weighted by Gasteiger charge is -2.54. The first-order valence-electron chi connectivity index (χ1n) is 8.05. The summed E-state index contributed by atoms with van der Waals surface area (Å²) in [6, 6.07) is 0. The largest absolute Gasteiger partial charge is 0.341 e. The third-order valence-electron chi connectivity index (χ3n) is 4.25. The minimum atomic E-state index is 0.334. The van der Waals surface area contributed by atoms with Gasteiger partial charge in [-0.3, -0.25) is 4.79 Å². The van der Waals surface area contributed by atoms with Crippen molar-refractivity contribution in [3.05, 3.63) is 0 Å². The fourth-order valence-corrected chi connectivity index (χ4v) is 3.21. The summed E-state index contributed by atoms with van der Waals surface area (Å²) in [7, 11) is 0. The predicted octanol–water partition coefficient (Wildman–Crippen LogP) is 3.00. The lowest BCUT2D eigenvalue weighted by Crippen LogP contribution is -2.61. The summed E-state index contributed by atoms with van der Waals surface area (Å²) in [5.41, 5.74) is 0.484. The van der Waals surface area contributed by atoms with Crippen LogP contribution in [0.3, 0.4) is 0 Å². The Morgan fingerprint density at radius 1 is 1.16 bits per heavy atom. The minimum absolute atomic E-state index is 0.334. The topological polar surface area (TPSA) is 23.6 Å². The number of carbonyl (C=O) groups excluding carboxylic acids is 1. The van der Waals surface area contributed by atoms with Crippen molar-refractivity contribution in [3.8, 4) is 0 Å². The quantitative estimate of drug-likeness (QED) is 0.785. The lowest BCUT2D eigenvalue weighted by molar-refractivity contribution is -0.146. The third-order valence-corrected chi connectivity index (χ3v) is 4.25. The number of piperidine rings is 1. The molecule has 1 spiro atoms. The van der Waals surface area contributed by atoms with Gasteiger partial charge in [-0.1, -0.05) is 34.6 Å². The molecule has 1 amide bonds. The van der Waals surface area contributed by atoms with Gasteiger partial charge in [0.1, 0.15) is 0 Å². The van der Waals surface area contributed by atoms with Gasteiger partial charge in [0, 0.05) is 31.5 Å². The monoisotopic (exact) mass is 268 g/mol. The van der Waals surface area contributed by atoms with Crippen LogP contribution in [0.5, 0.6) is 0 Å². The van der Waals surface area contributed by atoms with Crippen molar-refractivity contribution in [2.45, 2.75) is 53.9 Å². The van der Waals surface area contributed by atoms with Crippen LogP contribution in [0.4, 0.5) is 0 Å². The molecule has 112 valence electrons. The van der Waals surface area contributed by atoms with E-state index in [2.05, 4.69) is 18.7 Å². The molecular weight excluding hydrogens is 236 g/mol. The van der Waals surface area contributed by atoms with Crippen molar-refractivity contribution >= 4 is 5.91 Å². The molecule has 0 atom stereocenters. The van der Waals surface area contributed by atoms with Crippen molar-refractivity contribution in [1.82, 2.24) is 9.80 Å². The Hall–Kier alpha value is -0.570. The van der Waals surface area contributed by atoms with Gasteiger partial charge in [-0.2, -0.15) is 0 Å². The summed E-state index contributed by atoms with van der Waals surface area (Å²) in [5, 5.41) is 0. The molecule has 3 nitrogen and oxygen atoms in total. The normalized spacial score (nSPS) is 21.9. The number of hydrogen-bond donors (Lipinski definition) is 0. The van der Waals surface area contributed by atoms with Gasteiger partial charge in [0.05, 0.1) is 0 Å². The Kier molecular flexibility index (Phi) is 6.31. The molecule has 0 N–H and O–H groups in total. The molecule has 0 aliphatic carbocycles. The molecule has 0 radical (unpaired) electrons. The van der Waals surface area contributed by atoms with Gasteiger partial charge in [-0.05, 0) is 31.8 Å². The van der Waals surface area contributed by atoms with Crippen LogP contribution in [-0.4, -0.2) is 48.4 Å². The molecule has 0 aromatic carbocycles. The molecule has 2 rings (SSSR count). The Labute approximate surface area is 119 Å². The highest BCUT2D eigenvalue weighted by atomic mass is 16.2. The number of hydrogen-bond acceptors (Lipinski definition) is 2. The Balaban J connectivity index is 0.000000861. The highest BCUT2D eigenvalue weighted by Crippen LogP contribution is 2.40. The Morgan fingerprint density at radius 3 is 2.11 bits per heavy atom. The molecule has 2 fully saturated rings. The molecule has 0 saturated carbocycles. The van der Waals surface area contributed by atoms with Gasteiger partial charge in [-0.25, -0.2) is 0 Å². The fraction of sp³-hybridized carbons (Fsp3) is 0.938. The van der Waals surface area contributed by atoms with Crippen molar-refractivity contribution < 1.29 is 4.79 Å². The van der Waals surface area contributed by atoms with Crippen LogP contribution in [-0.2, 0) is 4.79 Å². The van der Waals surface area contributed by atoms with E-state index in [0.29, 0.717) is 17.7 Å². The van der Waals surface area contributed by atoms with E-state index < -0.39 is 0 Å². The first kappa shape index (κ1) is 16.5. The van der Waals surface area contributed by atoms with Crippen molar-refractivity contribution in [1.29, 1.82) is 0 Å². The predicted molar refractivity (Wildman–Crippen MR) is 81.2 cm³/mol. The summed E-state index contributed by atoms with van der Waals surface area (Å²) < 4.78 is 0. The molecule has 2 saturated heterocycles. The van der Waals surface area contributed by atoms with E-state index in [1.807, 2.05) is 25.7 Å². The zero-order chi connectivity index (χ0) is 14.5. The van der Waals surface area contributed by atoms with E-state index in [9.17, 15) is 4.79 Å². The summed E-state index contributed by atoms with van der Waals surface area (Å²) in [4.78, 5) is 16.2. The molecule has 0 bridgehead atoms. The van der Waals surface area contributed by atoms with Crippen LogP contribution in [0, 0.1) is 11.3 Å². The van der Waals surface area contributed by atoms with Crippen LogP contribution in [0.1, 0.15) is 53.9 Å². The van der Waals surface area contributed by atoms with Crippen molar-refractivity contribution in [2.24, 2.45) is 11.3 Å². The summed E-state index contributed by atoms with van der Waals surface area (Å²) >= 11 is 0. The average molecular weight is 268 g/mol. The second-order valence-electron chi connectivity index (χ2n) is 6.30. The van der Waals surface area contributed by atoms with Crippen molar-refractivity contribution in [3.63, 3.8) is 0 Å². The van der Waals surface area contributed by atoms with Gasteiger partial charge in [-0.15, -0.1) is 0 Å². The van der Waals surface area contributed by atoms with Crippen LogP contribution in [0.15, 0.2) is 0 Å². The number of nitrogens with zero attached hydrogens (tertiary/aromatic N) is 2. The fourth-order valence-electron chi connectivity index (χ4n) is 3.21. The van der Waals surface area contributed by atoms with Crippen LogP contribution >= 0.6 is 0 Å². The van der Waals surface area contributed by atoms with Gasteiger partial charge in [0.25, 0.3) is 0 Å². The molecule has 0 unspecified atom stereocenters. The maximum Gasteiger partial charge on any atom is 0.222 e. The number of carbonyl (C=O) groups is 1. The number of amides is 1. The number of rotatable bonds is 3. The summed E-state index contributed by atoms with van der Waals surface area (Å²) in [6.07, 6.45) is 3.23. The van der Waals surface area contributed by atoms with Gasteiger partial charge < -0.3 is 9.80 Å². The van der Waals surface area contributed by atoms with Crippen LogP contribution in [0.2, 0.25) is 0 Å². The van der Waals surface area contributed by atoms with Crippen LogP contribution < -0.4 is 0 Å². The molecule has 19 heavy (non-hydrogen) atoms. The second kappa shape index (κ2) is 7.28. The lowest BCUT2D eigenvalue weighted by atomic mass is 9.72. The minimum Gasteiger partial charge on any atom is -0.341 e. The van der Waals surface area contributed by atoms with E-state index in [1.165, 1.54) is 32.5 Å². The van der Waals surface area contributed by atoms with E-state index in [-0.39, 0.29) is 0 Å². The number of likely N-dealkylation sites (tertiary alicyclic amines) is 2. The zero-order valence-electron chi connectivity index (χ0n) is 13.5. The Morgan fingerprint density at radius 2 is 1.68 bits per heavy atom. The highest BCUT2D eigenvalue weighted by molar-refractivity contribution is 5.76. The SMILES string of the molecule is CC.CCC(=O)N1CC2(CCN(CC(C)C)CC2)C1. The van der Waals surface area contributed by atoms with Gasteiger partial charge in [0.15, 0.2) is 0 Å². The smallest absolute Gasteiger partial charge is 0.222 e. The zero-order valence-corrected chi connectivity index (χ0v) is 13.5. The third kappa shape index (κ3) is 4.20. The molecule has 2 aliphatic rings. The molecule has 0 aromatic heterocycles. The highest BCUT2D eigenvalue weighted by Gasteiger charge is 2.45. The van der Waals surface area contributed by atoms with E-state index in [1.54, 1.807) is 0 Å². The van der Waals surface area contributed by atoms with E-state index in [4.69, 9.17) is 0 Å². The maximum atomic E-state index is 11.5. The summed E-state index contributed by atoms with van der Waals surface area (Å²) in [5.74, 6) is 1.10. The average Bonchev–Trinajstić information content (AvgIpc) is 2.38. The van der Waals surface area contributed by atoms with Gasteiger partial charge >= 0.3 is 0 Å². The molecule has 2 heterocycles. The molecule has 0 aromatic rings.